The van der Waals surface area contributed by atoms with Crippen LogP contribution in [0, 0.1) is 0 Å². The lowest BCUT2D eigenvalue weighted by atomic mass is 10.0. The van der Waals surface area contributed by atoms with Crippen molar-refractivity contribution in [2.24, 2.45) is 0 Å². The lowest BCUT2D eigenvalue weighted by Crippen LogP contribution is -2.42. The Morgan fingerprint density at radius 1 is 1.43 bits per heavy atom. The van der Waals surface area contributed by atoms with Crippen LogP contribution in [-0.2, 0) is 6.54 Å². The number of imidazole rings is 1. The summed E-state index contributed by atoms with van der Waals surface area (Å²) in [6.07, 6.45) is 5.78. The summed E-state index contributed by atoms with van der Waals surface area (Å²) in [5.74, 6) is 0.748. The molecule has 3 heterocycles. The van der Waals surface area contributed by atoms with Gasteiger partial charge in [-0.3, -0.25) is 4.40 Å². The van der Waals surface area contributed by atoms with Crippen molar-refractivity contribution in [1.29, 1.82) is 0 Å². The number of piperidine rings is 1. The average Bonchev–Trinajstić information content (AvgIpc) is 3.07. The number of nitrogens with zero attached hydrogens (tertiary/aromatic N) is 3. The van der Waals surface area contributed by atoms with E-state index in [9.17, 15) is 0 Å². The molecule has 0 atom stereocenters. The van der Waals surface area contributed by atoms with Crippen LogP contribution < -0.4 is 10.1 Å². The molecule has 5 nitrogen and oxygen atoms in total. The van der Waals surface area contributed by atoms with Gasteiger partial charge in [-0.1, -0.05) is 6.92 Å². The van der Waals surface area contributed by atoms with Gasteiger partial charge in [-0.2, -0.15) is 4.98 Å². The standard InChI is InChI=1S/C15H24N4OS/c1-3-6-18-7-4-12(5-8-18)16-11-13-14(20-2)17-15-19(13)9-10-21-15/h9-10,12,16H,3-8,11H2,1-2H3. The number of fused-ring (bicyclic) bond motifs is 1. The van der Waals surface area contributed by atoms with Gasteiger partial charge in [-0.25, -0.2) is 0 Å². The SMILES string of the molecule is CCCN1CCC(NCc2c(OC)nc3sccn23)CC1. The Balaban J connectivity index is 1.58. The molecule has 0 amide bonds. The van der Waals surface area contributed by atoms with E-state index in [4.69, 9.17) is 4.74 Å². The highest BCUT2D eigenvalue weighted by atomic mass is 32.1. The molecular formula is C15H24N4OS. The highest BCUT2D eigenvalue weighted by molar-refractivity contribution is 7.15. The van der Waals surface area contributed by atoms with E-state index in [-0.39, 0.29) is 0 Å². The zero-order valence-corrected chi connectivity index (χ0v) is 13.7. The van der Waals surface area contributed by atoms with Crippen molar-refractivity contribution in [3.63, 3.8) is 0 Å². The fourth-order valence-corrected chi connectivity index (χ4v) is 3.78. The molecule has 0 aliphatic carbocycles. The highest BCUT2D eigenvalue weighted by Crippen LogP contribution is 2.23. The molecule has 116 valence electrons. The molecule has 1 aliphatic rings. The Labute approximate surface area is 129 Å². The van der Waals surface area contributed by atoms with Gasteiger partial charge >= 0.3 is 0 Å². The van der Waals surface area contributed by atoms with Gasteiger partial charge in [0.15, 0.2) is 4.96 Å². The molecule has 0 bridgehead atoms. The molecule has 2 aromatic heterocycles. The van der Waals surface area contributed by atoms with Crippen molar-refractivity contribution in [3.05, 3.63) is 17.3 Å². The molecule has 0 spiro atoms. The number of ether oxygens (including phenoxy) is 1. The van der Waals surface area contributed by atoms with Gasteiger partial charge in [0, 0.05) is 24.2 Å². The third-order valence-electron chi connectivity index (χ3n) is 4.20. The van der Waals surface area contributed by atoms with Crippen LogP contribution in [-0.4, -0.2) is 47.1 Å². The second-order valence-electron chi connectivity index (χ2n) is 5.62. The van der Waals surface area contributed by atoms with Gasteiger partial charge in [0.05, 0.1) is 7.11 Å². The first-order chi connectivity index (χ1) is 10.3. The Morgan fingerprint density at radius 3 is 2.95 bits per heavy atom. The fraction of sp³-hybridized carbons (Fsp3) is 0.667. The van der Waals surface area contributed by atoms with Crippen molar-refractivity contribution < 1.29 is 4.74 Å². The van der Waals surface area contributed by atoms with Crippen LogP contribution in [0.1, 0.15) is 31.9 Å². The second-order valence-corrected chi connectivity index (χ2v) is 6.49. The predicted molar refractivity (Wildman–Crippen MR) is 86.2 cm³/mol. The number of thiazole rings is 1. The second kappa shape index (κ2) is 6.77. The van der Waals surface area contributed by atoms with Gasteiger partial charge in [0.2, 0.25) is 5.88 Å². The van der Waals surface area contributed by atoms with Crippen molar-refractivity contribution in [2.45, 2.75) is 38.8 Å². The normalized spacial score (nSPS) is 17.6. The van der Waals surface area contributed by atoms with Crippen LogP contribution in [0.2, 0.25) is 0 Å². The van der Waals surface area contributed by atoms with Crippen LogP contribution in [0.3, 0.4) is 0 Å². The molecule has 6 heteroatoms. The van der Waals surface area contributed by atoms with E-state index in [0.29, 0.717) is 6.04 Å². The molecule has 0 saturated carbocycles. The largest absolute Gasteiger partial charge is 0.480 e. The van der Waals surface area contributed by atoms with Crippen LogP contribution in [0.25, 0.3) is 4.96 Å². The van der Waals surface area contributed by atoms with E-state index in [0.717, 1.165) is 23.1 Å². The predicted octanol–water partition coefficient (Wildman–Crippen LogP) is 2.37. The minimum Gasteiger partial charge on any atom is -0.480 e. The molecule has 1 aliphatic heterocycles. The number of hydrogen-bond acceptors (Lipinski definition) is 5. The minimum atomic E-state index is 0.604. The zero-order valence-electron chi connectivity index (χ0n) is 12.8. The third kappa shape index (κ3) is 3.22. The van der Waals surface area contributed by atoms with Crippen LogP contribution >= 0.6 is 11.3 Å². The fourth-order valence-electron chi connectivity index (χ4n) is 3.05. The first kappa shape index (κ1) is 14.8. The maximum atomic E-state index is 5.40. The van der Waals surface area contributed by atoms with Gasteiger partial charge in [0.25, 0.3) is 0 Å². The summed E-state index contributed by atoms with van der Waals surface area (Å²) in [6, 6.07) is 0.604. The molecule has 0 radical (unpaired) electrons. The first-order valence-electron chi connectivity index (χ1n) is 7.76. The summed E-state index contributed by atoms with van der Waals surface area (Å²) < 4.78 is 7.53. The van der Waals surface area contributed by atoms with Gasteiger partial charge in [0.1, 0.15) is 5.69 Å². The number of hydrogen-bond donors (Lipinski definition) is 1. The average molecular weight is 308 g/mol. The summed E-state index contributed by atoms with van der Waals surface area (Å²) in [5, 5.41) is 5.74. The smallest absolute Gasteiger partial charge is 0.237 e. The molecule has 1 N–H and O–H groups in total. The molecule has 21 heavy (non-hydrogen) atoms. The van der Waals surface area contributed by atoms with Crippen molar-refractivity contribution >= 4 is 16.3 Å². The molecule has 1 fully saturated rings. The van der Waals surface area contributed by atoms with Crippen molar-refractivity contribution in [2.75, 3.05) is 26.7 Å². The molecule has 0 unspecified atom stereocenters. The number of rotatable bonds is 6. The number of nitrogens with one attached hydrogen (secondary N) is 1. The topological polar surface area (TPSA) is 41.8 Å². The minimum absolute atomic E-state index is 0.604. The Bertz CT molecular complexity index is 571. The number of methoxy groups -OCH3 is 1. The van der Waals surface area contributed by atoms with Crippen LogP contribution in [0.4, 0.5) is 0 Å². The Morgan fingerprint density at radius 2 is 2.24 bits per heavy atom. The molecule has 0 aromatic carbocycles. The Hall–Kier alpha value is -1.11. The highest BCUT2D eigenvalue weighted by Gasteiger charge is 2.20. The number of likely N-dealkylation sites (tertiary alicyclic amines) is 1. The summed E-state index contributed by atoms with van der Waals surface area (Å²) in [6.45, 7) is 6.73. The van der Waals surface area contributed by atoms with Crippen LogP contribution in [0.15, 0.2) is 11.6 Å². The van der Waals surface area contributed by atoms with Gasteiger partial charge in [-0.05, 0) is 38.9 Å². The third-order valence-corrected chi connectivity index (χ3v) is 4.96. The zero-order chi connectivity index (χ0) is 14.7. The quantitative estimate of drug-likeness (QED) is 0.889. The van der Waals surface area contributed by atoms with E-state index in [1.54, 1.807) is 18.4 Å². The van der Waals surface area contributed by atoms with E-state index in [1.807, 2.05) is 0 Å². The summed E-state index contributed by atoms with van der Waals surface area (Å²) >= 11 is 1.64. The van der Waals surface area contributed by atoms with Gasteiger partial charge < -0.3 is 15.0 Å². The van der Waals surface area contributed by atoms with Crippen molar-refractivity contribution in [3.8, 4) is 5.88 Å². The van der Waals surface area contributed by atoms with Gasteiger partial charge in [-0.15, -0.1) is 11.3 Å². The molecule has 2 aromatic rings. The van der Waals surface area contributed by atoms with Crippen molar-refractivity contribution in [1.82, 2.24) is 19.6 Å². The molecular weight excluding hydrogens is 284 g/mol. The van der Waals surface area contributed by atoms with E-state index in [2.05, 4.69) is 38.1 Å². The van der Waals surface area contributed by atoms with E-state index in [1.165, 1.54) is 38.9 Å². The maximum Gasteiger partial charge on any atom is 0.237 e. The summed E-state index contributed by atoms with van der Waals surface area (Å²) in [5.41, 5.74) is 1.13. The lowest BCUT2D eigenvalue weighted by molar-refractivity contribution is 0.197. The maximum absolute atomic E-state index is 5.40. The summed E-state index contributed by atoms with van der Waals surface area (Å²) in [7, 11) is 1.69. The Kier molecular flexibility index (Phi) is 4.77. The number of aromatic nitrogens is 2. The lowest BCUT2D eigenvalue weighted by Gasteiger charge is -2.32. The first-order valence-corrected chi connectivity index (χ1v) is 8.64. The monoisotopic (exact) mass is 308 g/mol. The molecule has 1 saturated heterocycles. The summed E-state index contributed by atoms with van der Waals surface area (Å²) in [4.78, 5) is 8.07. The van der Waals surface area contributed by atoms with E-state index < -0.39 is 0 Å². The van der Waals surface area contributed by atoms with Crippen LogP contribution in [0.5, 0.6) is 5.88 Å². The molecule has 3 rings (SSSR count). The van der Waals surface area contributed by atoms with E-state index >= 15 is 0 Å².